The third-order valence-electron chi connectivity index (χ3n) is 4.15. The Bertz CT molecular complexity index is 689. The largest absolute Gasteiger partial charge is 0.377 e. The first-order valence-corrected chi connectivity index (χ1v) is 11.4. The lowest BCUT2D eigenvalue weighted by Gasteiger charge is -2.22. The molecule has 152 valence electrons. The summed E-state index contributed by atoms with van der Waals surface area (Å²) < 4.78 is 32.5. The van der Waals surface area contributed by atoms with E-state index in [4.69, 9.17) is 16.3 Å². The van der Waals surface area contributed by atoms with Crippen molar-refractivity contribution in [1.29, 1.82) is 0 Å². The molecule has 1 unspecified atom stereocenters. The standard InChI is InChI=1S/C18H29ClN4O3S/c1-2-20-18(22-13-15-6-8-16(19)9-7-15)21-10-12-27(24,25)23-14-17-5-3-4-11-26-17/h6-9,17,23H,2-5,10-14H2,1H3,(H2,20,21,22). The first-order valence-electron chi connectivity index (χ1n) is 9.34. The van der Waals surface area contributed by atoms with Crippen molar-refractivity contribution in [3.63, 3.8) is 0 Å². The van der Waals surface area contributed by atoms with Gasteiger partial charge in [-0.15, -0.1) is 0 Å². The van der Waals surface area contributed by atoms with E-state index in [-0.39, 0.29) is 18.4 Å². The maximum absolute atomic E-state index is 12.1. The topological polar surface area (TPSA) is 91.8 Å². The van der Waals surface area contributed by atoms with E-state index in [0.29, 0.717) is 37.2 Å². The minimum atomic E-state index is -3.35. The average molecular weight is 417 g/mol. The number of hydrogen-bond acceptors (Lipinski definition) is 4. The Morgan fingerprint density at radius 1 is 1.26 bits per heavy atom. The highest BCUT2D eigenvalue weighted by Gasteiger charge is 2.17. The summed E-state index contributed by atoms with van der Waals surface area (Å²) in [5.74, 6) is 0.559. The first kappa shape index (κ1) is 21.9. The van der Waals surface area contributed by atoms with Gasteiger partial charge in [-0.25, -0.2) is 18.1 Å². The molecule has 0 radical (unpaired) electrons. The fourth-order valence-corrected chi connectivity index (χ4v) is 3.75. The van der Waals surface area contributed by atoms with Crippen LogP contribution in [0.3, 0.4) is 0 Å². The molecule has 7 nitrogen and oxygen atoms in total. The van der Waals surface area contributed by atoms with E-state index in [1.165, 1.54) is 0 Å². The van der Waals surface area contributed by atoms with Gasteiger partial charge in [-0.2, -0.15) is 0 Å². The predicted octanol–water partition coefficient (Wildman–Crippen LogP) is 1.88. The Morgan fingerprint density at radius 3 is 2.70 bits per heavy atom. The molecule has 2 rings (SSSR count). The van der Waals surface area contributed by atoms with Crippen molar-refractivity contribution in [2.45, 2.75) is 38.8 Å². The number of guanidine groups is 1. The number of hydrogen-bond donors (Lipinski definition) is 3. The van der Waals surface area contributed by atoms with Crippen LogP contribution >= 0.6 is 11.6 Å². The number of nitrogens with one attached hydrogen (secondary N) is 3. The smallest absolute Gasteiger partial charge is 0.213 e. The lowest BCUT2D eigenvalue weighted by Crippen LogP contribution is -2.42. The molecule has 3 N–H and O–H groups in total. The van der Waals surface area contributed by atoms with Crippen molar-refractivity contribution in [2.75, 3.05) is 32.0 Å². The van der Waals surface area contributed by atoms with Gasteiger partial charge in [0.15, 0.2) is 5.96 Å². The van der Waals surface area contributed by atoms with Gasteiger partial charge in [0.2, 0.25) is 10.0 Å². The summed E-state index contributed by atoms with van der Waals surface area (Å²) in [4.78, 5) is 4.47. The van der Waals surface area contributed by atoms with Crippen LogP contribution in [0.2, 0.25) is 5.02 Å². The minimum absolute atomic E-state index is 0.0141. The second kappa shape index (κ2) is 11.5. The quantitative estimate of drug-likeness (QED) is 0.422. The fourth-order valence-electron chi connectivity index (χ4n) is 2.67. The van der Waals surface area contributed by atoms with E-state index < -0.39 is 10.0 Å². The highest BCUT2D eigenvalue weighted by atomic mass is 35.5. The molecule has 9 heteroatoms. The molecule has 27 heavy (non-hydrogen) atoms. The summed E-state index contributed by atoms with van der Waals surface area (Å²) in [7, 11) is -3.35. The SMILES string of the molecule is CCNC(=NCc1ccc(Cl)cc1)NCCS(=O)(=O)NCC1CCCCO1. The normalized spacial score (nSPS) is 18.3. The summed E-state index contributed by atoms with van der Waals surface area (Å²) in [5, 5.41) is 6.85. The third-order valence-corrected chi connectivity index (χ3v) is 5.75. The first-order chi connectivity index (χ1) is 13.0. The summed E-state index contributed by atoms with van der Waals surface area (Å²) in [5.41, 5.74) is 1.03. The second-order valence-corrected chi connectivity index (χ2v) is 8.77. The molecule has 1 heterocycles. The molecule has 1 saturated heterocycles. The van der Waals surface area contributed by atoms with Gasteiger partial charge >= 0.3 is 0 Å². The number of benzene rings is 1. The van der Waals surface area contributed by atoms with Crippen molar-refractivity contribution >= 4 is 27.6 Å². The van der Waals surface area contributed by atoms with Crippen molar-refractivity contribution in [3.05, 3.63) is 34.9 Å². The molecule has 1 fully saturated rings. The summed E-state index contributed by atoms with van der Waals surface area (Å²) in [6, 6.07) is 7.47. The van der Waals surface area contributed by atoms with E-state index in [2.05, 4.69) is 20.3 Å². The van der Waals surface area contributed by atoms with Crippen LogP contribution in [0.15, 0.2) is 29.3 Å². The maximum Gasteiger partial charge on any atom is 0.213 e. The van der Waals surface area contributed by atoms with Crippen molar-refractivity contribution in [2.24, 2.45) is 4.99 Å². The van der Waals surface area contributed by atoms with Crippen LogP contribution < -0.4 is 15.4 Å². The minimum Gasteiger partial charge on any atom is -0.377 e. The van der Waals surface area contributed by atoms with Gasteiger partial charge in [0.1, 0.15) is 0 Å². The molecule has 1 atom stereocenters. The Hall–Kier alpha value is -1.35. The van der Waals surface area contributed by atoms with Crippen molar-refractivity contribution < 1.29 is 13.2 Å². The molecule has 0 saturated carbocycles. The highest BCUT2D eigenvalue weighted by Crippen LogP contribution is 2.12. The van der Waals surface area contributed by atoms with Crippen LogP contribution in [0.25, 0.3) is 0 Å². The number of sulfonamides is 1. The van der Waals surface area contributed by atoms with Crippen LogP contribution in [0.1, 0.15) is 31.7 Å². The maximum atomic E-state index is 12.1. The van der Waals surface area contributed by atoms with Gasteiger partial charge < -0.3 is 15.4 Å². The second-order valence-electron chi connectivity index (χ2n) is 6.40. The fraction of sp³-hybridized carbons (Fsp3) is 0.611. The van der Waals surface area contributed by atoms with Crippen LogP contribution in [-0.2, 0) is 21.3 Å². The molecule has 0 spiro atoms. The van der Waals surface area contributed by atoms with Gasteiger partial charge in [-0.1, -0.05) is 23.7 Å². The molecule has 1 aromatic rings. The zero-order chi connectivity index (χ0) is 19.5. The molecule has 0 bridgehead atoms. The number of rotatable bonds is 9. The Balaban J connectivity index is 1.76. The van der Waals surface area contributed by atoms with Crippen LogP contribution in [0, 0.1) is 0 Å². The molecule has 0 aromatic heterocycles. The van der Waals surface area contributed by atoms with Crippen LogP contribution in [0.5, 0.6) is 0 Å². The van der Waals surface area contributed by atoms with Gasteiger partial charge in [0.05, 0.1) is 18.4 Å². The molecule has 1 aliphatic heterocycles. The van der Waals surface area contributed by atoms with Crippen LogP contribution in [0.4, 0.5) is 0 Å². The number of nitrogens with zero attached hydrogens (tertiary/aromatic N) is 1. The highest BCUT2D eigenvalue weighted by molar-refractivity contribution is 7.89. The lowest BCUT2D eigenvalue weighted by atomic mass is 10.1. The lowest BCUT2D eigenvalue weighted by molar-refractivity contribution is 0.0200. The molecule has 0 aliphatic carbocycles. The number of ether oxygens (including phenoxy) is 1. The Kier molecular flexibility index (Phi) is 9.33. The van der Waals surface area contributed by atoms with E-state index >= 15 is 0 Å². The van der Waals surface area contributed by atoms with Gasteiger partial charge in [-0.3, -0.25) is 0 Å². The monoisotopic (exact) mass is 416 g/mol. The zero-order valence-corrected chi connectivity index (χ0v) is 17.3. The summed E-state index contributed by atoms with van der Waals surface area (Å²) >= 11 is 5.88. The predicted molar refractivity (Wildman–Crippen MR) is 110 cm³/mol. The van der Waals surface area contributed by atoms with E-state index in [1.54, 1.807) is 0 Å². The van der Waals surface area contributed by atoms with E-state index in [9.17, 15) is 8.42 Å². The van der Waals surface area contributed by atoms with Crippen molar-refractivity contribution in [1.82, 2.24) is 15.4 Å². The molecular formula is C18H29ClN4O3S. The molecule has 1 aromatic carbocycles. The number of aliphatic imine (C=N–C) groups is 1. The molecule has 0 amide bonds. The zero-order valence-electron chi connectivity index (χ0n) is 15.7. The number of halogens is 1. The summed E-state index contributed by atoms with van der Waals surface area (Å²) in [6.07, 6.45) is 3.03. The van der Waals surface area contributed by atoms with Gasteiger partial charge in [0.25, 0.3) is 0 Å². The van der Waals surface area contributed by atoms with E-state index in [1.807, 2.05) is 31.2 Å². The van der Waals surface area contributed by atoms with E-state index in [0.717, 1.165) is 24.8 Å². The Labute approximate surface area is 167 Å². The van der Waals surface area contributed by atoms with Gasteiger partial charge in [0, 0.05) is 31.3 Å². The average Bonchev–Trinajstić information content (AvgIpc) is 2.66. The molecular weight excluding hydrogens is 388 g/mol. The summed E-state index contributed by atoms with van der Waals surface area (Å²) in [6.45, 7) is 4.46. The molecule has 1 aliphatic rings. The van der Waals surface area contributed by atoms with Crippen molar-refractivity contribution in [3.8, 4) is 0 Å². The van der Waals surface area contributed by atoms with Gasteiger partial charge in [-0.05, 0) is 43.9 Å². The third kappa shape index (κ3) is 8.92. The van der Waals surface area contributed by atoms with Crippen LogP contribution in [-0.4, -0.2) is 52.5 Å². The Morgan fingerprint density at radius 2 is 2.04 bits per heavy atom.